The predicted octanol–water partition coefficient (Wildman–Crippen LogP) is 0.584. The first-order valence-electron chi connectivity index (χ1n) is 6.68. The van der Waals surface area contributed by atoms with Crippen molar-refractivity contribution < 1.29 is 13.5 Å². The lowest BCUT2D eigenvalue weighted by molar-refractivity contribution is 0.270. The SMILES string of the molecule is O=S(=O)(NCc1cccnn1)c1cc(CO)n(C2CC2)c1. The summed E-state index contributed by atoms with van der Waals surface area (Å²) < 4.78 is 28.9. The number of nitrogens with one attached hydrogen (secondary N) is 1. The topological polar surface area (TPSA) is 97.1 Å². The number of sulfonamides is 1. The van der Waals surface area contributed by atoms with Crippen LogP contribution in [0.1, 0.15) is 30.3 Å². The van der Waals surface area contributed by atoms with E-state index in [1.807, 2.05) is 4.57 Å². The average Bonchev–Trinajstić information content (AvgIpc) is 3.24. The number of hydrogen-bond donors (Lipinski definition) is 2. The van der Waals surface area contributed by atoms with Crippen LogP contribution in [0.25, 0.3) is 0 Å². The standard InChI is InChI=1S/C13H16N4O3S/c18-9-12-6-13(8-17(12)11-3-4-11)21(19,20)15-7-10-2-1-5-14-16-10/h1-2,5-6,8,11,15,18H,3-4,7,9H2. The van der Waals surface area contributed by atoms with Crippen LogP contribution in [-0.4, -0.2) is 28.3 Å². The third kappa shape index (κ3) is 3.12. The lowest BCUT2D eigenvalue weighted by Crippen LogP contribution is -2.23. The molecule has 1 fully saturated rings. The van der Waals surface area contributed by atoms with E-state index >= 15 is 0 Å². The maximum absolute atomic E-state index is 12.3. The fourth-order valence-electron chi connectivity index (χ4n) is 2.14. The summed E-state index contributed by atoms with van der Waals surface area (Å²) in [7, 11) is -3.63. The highest BCUT2D eigenvalue weighted by Gasteiger charge is 2.28. The molecule has 0 atom stereocenters. The summed E-state index contributed by atoms with van der Waals surface area (Å²) in [4.78, 5) is 0.169. The molecule has 0 spiro atoms. The van der Waals surface area contributed by atoms with Crippen LogP contribution in [0.15, 0.2) is 35.5 Å². The molecular weight excluding hydrogens is 292 g/mol. The van der Waals surface area contributed by atoms with Crippen molar-refractivity contribution in [1.29, 1.82) is 0 Å². The minimum atomic E-state index is -3.63. The number of aliphatic hydroxyl groups excluding tert-OH is 1. The summed E-state index contributed by atoms with van der Waals surface area (Å²) in [5.41, 5.74) is 1.17. The smallest absolute Gasteiger partial charge is 0.242 e. The molecule has 2 N–H and O–H groups in total. The zero-order valence-corrected chi connectivity index (χ0v) is 12.1. The highest BCUT2D eigenvalue weighted by Crippen LogP contribution is 2.37. The lowest BCUT2D eigenvalue weighted by Gasteiger charge is -2.04. The van der Waals surface area contributed by atoms with Gasteiger partial charge in [-0.25, -0.2) is 13.1 Å². The molecule has 0 bridgehead atoms. The highest BCUT2D eigenvalue weighted by atomic mass is 32.2. The Labute approximate surface area is 122 Å². The van der Waals surface area contributed by atoms with Gasteiger partial charge in [0.05, 0.1) is 23.7 Å². The molecule has 112 valence electrons. The molecule has 0 radical (unpaired) electrons. The number of aliphatic hydroxyl groups is 1. The highest BCUT2D eigenvalue weighted by molar-refractivity contribution is 7.89. The molecule has 0 saturated heterocycles. The molecule has 1 aliphatic carbocycles. The van der Waals surface area contributed by atoms with Gasteiger partial charge in [0.2, 0.25) is 10.0 Å². The molecule has 0 amide bonds. The van der Waals surface area contributed by atoms with Gasteiger partial charge >= 0.3 is 0 Å². The van der Waals surface area contributed by atoms with Crippen molar-refractivity contribution in [2.45, 2.75) is 36.9 Å². The fraction of sp³-hybridized carbons (Fsp3) is 0.385. The fourth-order valence-corrected chi connectivity index (χ4v) is 3.19. The van der Waals surface area contributed by atoms with Gasteiger partial charge in [-0.3, -0.25) is 0 Å². The molecule has 0 aliphatic heterocycles. The Morgan fingerprint density at radius 2 is 2.24 bits per heavy atom. The second kappa shape index (κ2) is 5.55. The van der Waals surface area contributed by atoms with Crippen LogP contribution in [0.3, 0.4) is 0 Å². The molecule has 0 unspecified atom stereocenters. The van der Waals surface area contributed by atoms with Crippen molar-refractivity contribution in [3.8, 4) is 0 Å². The van der Waals surface area contributed by atoms with Crippen LogP contribution in [-0.2, 0) is 23.2 Å². The van der Waals surface area contributed by atoms with E-state index in [9.17, 15) is 13.5 Å². The number of rotatable bonds is 6. The van der Waals surface area contributed by atoms with E-state index in [0.29, 0.717) is 17.4 Å². The van der Waals surface area contributed by atoms with Crippen LogP contribution in [0, 0.1) is 0 Å². The van der Waals surface area contributed by atoms with Gasteiger partial charge in [0.15, 0.2) is 0 Å². The quantitative estimate of drug-likeness (QED) is 0.814. The first-order chi connectivity index (χ1) is 10.1. The first-order valence-corrected chi connectivity index (χ1v) is 8.16. The Balaban J connectivity index is 1.78. The molecule has 8 heteroatoms. The maximum atomic E-state index is 12.3. The van der Waals surface area contributed by atoms with Crippen molar-refractivity contribution in [2.24, 2.45) is 0 Å². The average molecular weight is 308 g/mol. The number of aromatic nitrogens is 3. The number of nitrogens with zero attached hydrogens (tertiary/aromatic N) is 3. The van der Waals surface area contributed by atoms with E-state index in [1.165, 1.54) is 12.3 Å². The van der Waals surface area contributed by atoms with Crippen LogP contribution in [0.5, 0.6) is 0 Å². The molecule has 7 nitrogen and oxygen atoms in total. The first kappa shape index (κ1) is 14.2. The van der Waals surface area contributed by atoms with Gasteiger partial charge in [-0.2, -0.15) is 10.2 Å². The van der Waals surface area contributed by atoms with Crippen molar-refractivity contribution in [2.75, 3.05) is 0 Å². The van der Waals surface area contributed by atoms with E-state index < -0.39 is 10.0 Å². The third-order valence-corrected chi connectivity index (χ3v) is 4.76. The predicted molar refractivity (Wildman–Crippen MR) is 74.7 cm³/mol. The Hall–Kier alpha value is -1.77. The minimum Gasteiger partial charge on any atom is -0.390 e. The van der Waals surface area contributed by atoms with Crippen molar-refractivity contribution >= 4 is 10.0 Å². The Morgan fingerprint density at radius 1 is 1.43 bits per heavy atom. The van der Waals surface area contributed by atoms with Gasteiger partial charge in [0, 0.05) is 24.1 Å². The van der Waals surface area contributed by atoms with Crippen molar-refractivity contribution in [1.82, 2.24) is 19.5 Å². The molecular formula is C13H16N4O3S. The molecule has 1 aliphatic rings. The second-order valence-electron chi connectivity index (χ2n) is 5.00. The largest absolute Gasteiger partial charge is 0.390 e. The van der Waals surface area contributed by atoms with Gasteiger partial charge in [-0.15, -0.1) is 0 Å². The summed E-state index contributed by atoms with van der Waals surface area (Å²) in [5.74, 6) is 0. The summed E-state index contributed by atoms with van der Waals surface area (Å²) in [6.07, 6.45) is 5.16. The maximum Gasteiger partial charge on any atom is 0.242 e. The summed E-state index contributed by atoms with van der Waals surface area (Å²) in [5, 5.41) is 16.9. The molecule has 21 heavy (non-hydrogen) atoms. The molecule has 2 aromatic rings. The van der Waals surface area contributed by atoms with Crippen LogP contribution in [0.4, 0.5) is 0 Å². The van der Waals surface area contributed by atoms with E-state index in [0.717, 1.165) is 12.8 Å². The monoisotopic (exact) mass is 308 g/mol. The molecule has 1 saturated carbocycles. The summed E-state index contributed by atoms with van der Waals surface area (Å²) >= 11 is 0. The summed E-state index contributed by atoms with van der Waals surface area (Å²) in [6, 6.07) is 5.22. The molecule has 2 heterocycles. The van der Waals surface area contributed by atoms with Crippen LogP contribution in [0.2, 0.25) is 0 Å². The zero-order valence-electron chi connectivity index (χ0n) is 11.3. The van der Waals surface area contributed by atoms with Crippen LogP contribution >= 0.6 is 0 Å². The third-order valence-electron chi connectivity index (χ3n) is 3.39. The zero-order chi connectivity index (χ0) is 14.9. The van der Waals surface area contributed by atoms with Gasteiger partial charge in [0.25, 0.3) is 0 Å². The minimum absolute atomic E-state index is 0.0826. The van der Waals surface area contributed by atoms with E-state index in [4.69, 9.17) is 0 Å². The van der Waals surface area contributed by atoms with Crippen LogP contribution < -0.4 is 4.72 Å². The molecule has 3 rings (SSSR count). The van der Waals surface area contributed by atoms with E-state index in [1.54, 1.807) is 18.3 Å². The Bertz CT molecular complexity index is 723. The normalized spacial score (nSPS) is 15.3. The number of hydrogen-bond acceptors (Lipinski definition) is 5. The second-order valence-corrected chi connectivity index (χ2v) is 6.77. The van der Waals surface area contributed by atoms with Gasteiger partial charge in [0.1, 0.15) is 0 Å². The lowest BCUT2D eigenvalue weighted by atomic mass is 10.4. The van der Waals surface area contributed by atoms with E-state index in [2.05, 4.69) is 14.9 Å². The van der Waals surface area contributed by atoms with Gasteiger partial charge in [-0.1, -0.05) is 0 Å². The molecule has 0 aromatic carbocycles. The van der Waals surface area contributed by atoms with Crippen molar-refractivity contribution in [3.63, 3.8) is 0 Å². The van der Waals surface area contributed by atoms with Crippen molar-refractivity contribution in [3.05, 3.63) is 42.0 Å². The molecule has 2 aromatic heterocycles. The summed E-state index contributed by atoms with van der Waals surface area (Å²) in [6.45, 7) is -0.0879. The van der Waals surface area contributed by atoms with E-state index in [-0.39, 0.29) is 18.0 Å². The Morgan fingerprint density at radius 3 is 2.86 bits per heavy atom. The van der Waals surface area contributed by atoms with Gasteiger partial charge < -0.3 is 9.67 Å². The van der Waals surface area contributed by atoms with Gasteiger partial charge in [-0.05, 0) is 31.0 Å². The Kier molecular flexibility index (Phi) is 3.75.